The monoisotopic (exact) mass is 544 g/mol. The Kier molecular flexibility index (Phi) is 8.44. The number of alkyl halides is 2. The van der Waals surface area contributed by atoms with E-state index in [1.54, 1.807) is 18.3 Å². The van der Waals surface area contributed by atoms with Crippen LogP contribution in [0.25, 0.3) is 0 Å². The molecule has 0 spiro atoms. The zero-order valence-corrected chi connectivity index (χ0v) is 22.9. The molecule has 38 heavy (non-hydrogen) atoms. The Hall–Kier alpha value is -1.99. The van der Waals surface area contributed by atoms with Crippen LogP contribution in [-0.4, -0.2) is 39.4 Å². The van der Waals surface area contributed by atoms with Gasteiger partial charge in [0.2, 0.25) is 0 Å². The van der Waals surface area contributed by atoms with E-state index in [1.165, 1.54) is 12.1 Å². The number of aliphatic hydroxyl groups is 1. The first-order valence-corrected chi connectivity index (χ1v) is 15.2. The van der Waals surface area contributed by atoms with Gasteiger partial charge in [-0.1, -0.05) is 36.9 Å². The van der Waals surface area contributed by atoms with E-state index in [2.05, 4.69) is 11.6 Å². The van der Waals surface area contributed by atoms with E-state index in [-0.39, 0.29) is 17.4 Å². The predicted molar refractivity (Wildman–Crippen MR) is 150 cm³/mol. The normalized spacial score (nSPS) is 27.1. The summed E-state index contributed by atoms with van der Waals surface area (Å²) in [5, 5.41) is 10.9. The molecule has 0 atom stereocenters. The van der Waals surface area contributed by atoms with Gasteiger partial charge >= 0.3 is 0 Å². The highest BCUT2D eigenvalue weighted by atomic mass is 32.2. The van der Waals surface area contributed by atoms with Crippen molar-refractivity contribution in [1.82, 2.24) is 4.90 Å². The minimum absolute atomic E-state index is 0.0953. The molecule has 5 rings (SSSR count). The highest BCUT2D eigenvalue weighted by Crippen LogP contribution is 2.46. The first-order chi connectivity index (χ1) is 18.3. The molecule has 1 aromatic rings. The fourth-order valence-corrected chi connectivity index (χ4v) is 7.32. The van der Waals surface area contributed by atoms with E-state index < -0.39 is 11.5 Å². The highest BCUT2D eigenvalue weighted by molar-refractivity contribution is 7.99. The van der Waals surface area contributed by atoms with Crippen LogP contribution in [0.15, 0.2) is 65.2 Å². The summed E-state index contributed by atoms with van der Waals surface area (Å²) in [6, 6.07) is 6.45. The summed E-state index contributed by atoms with van der Waals surface area (Å²) >= 11 is 1.93. The molecule has 2 aliphatic carbocycles. The summed E-state index contributed by atoms with van der Waals surface area (Å²) in [7, 11) is 0. The van der Waals surface area contributed by atoms with Crippen LogP contribution in [0.2, 0.25) is 0 Å². The van der Waals surface area contributed by atoms with Gasteiger partial charge in [-0.25, -0.2) is 9.38 Å². The van der Waals surface area contributed by atoms with Crippen LogP contribution >= 0.6 is 11.8 Å². The number of thioether (sulfide) groups is 1. The van der Waals surface area contributed by atoms with Crippen LogP contribution in [0.4, 0.5) is 13.2 Å². The van der Waals surface area contributed by atoms with E-state index in [4.69, 9.17) is 0 Å². The maximum Gasteiger partial charge on any atom is 0.291 e. The largest absolute Gasteiger partial charge is 0.390 e. The van der Waals surface area contributed by atoms with Crippen molar-refractivity contribution in [2.45, 2.75) is 88.3 Å². The lowest BCUT2D eigenvalue weighted by Crippen LogP contribution is -2.39. The molecule has 1 aromatic carbocycles. The van der Waals surface area contributed by atoms with Crippen molar-refractivity contribution in [2.75, 3.05) is 11.5 Å². The fraction of sp³-hybridized carbons (Fsp3) is 0.581. The molecule has 0 radical (unpaired) electrons. The lowest BCUT2D eigenvalue weighted by Gasteiger charge is -2.42. The molecule has 0 amide bonds. The number of aliphatic imine (C=N–C) groups is 1. The zero-order chi connectivity index (χ0) is 26.8. The second kappa shape index (κ2) is 11.6. The van der Waals surface area contributed by atoms with Crippen LogP contribution in [-0.2, 0) is 12.5 Å². The van der Waals surface area contributed by atoms with E-state index in [0.29, 0.717) is 36.7 Å². The third-order valence-corrected chi connectivity index (χ3v) is 9.51. The van der Waals surface area contributed by atoms with Gasteiger partial charge < -0.3 is 10.0 Å². The van der Waals surface area contributed by atoms with Crippen molar-refractivity contribution in [2.24, 2.45) is 16.8 Å². The smallest absolute Gasteiger partial charge is 0.291 e. The highest BCUT2D eigenvalue weighted by Gasteiger charge is 2.39. The van der Waals surface area contributed by atoms with E-state index in [1.807, 2.05) is 22.7 Å². The molecule has 1 saturated heterocycles. The molecule has 7 heteroatoms. The van der Waals surface area contributed by atoms with Gasteiger partial charge in [0.25, 0.3) is 5.92 Å². The van der Waals surface area contributed by atoms with Crippen LogP contribution in [0.1, 0.15) is 75.3 Å². The first kappa shape index (κ1) is 27.6. The predicted octanol–water partition coefficient (Wildman–Crippen LogP) is 7.92. The Bertz CT molecular complexity index is 1080. The second-order valence-electron chi connectivity index (χ2n) is 11.6. The quantitative estimate of drug-likeness (QED) is 0.304. The molecule has 2 saturated carbocycles. The van der Waals surface area contributed by atoms with Crippen LogP contribution in [0.5, 0.6) is 0 Å². The van der Waals surface area contributed by atoms with Gasteiger partial charge in [-0.15, -0.1) is 0 Å². The minimum Gasteiger partial charge on any atom is -0.390 e. The van der Waals surface area contributed by atoms with Crippen molar-refractivity contribution in [3.8, 4) is 0 Å². The van der Waals surface area contributed by atoms with Crippen LogP contribution in [0.3, 0.4) is 0 Å². The maximum absolute atomic E-state index is 16.1. The maximum atomic E-state index is 16.1. The molecule has 3 nitrogen and oxygen atoms in total. The minimum atomic E-state index is -3.07. The average Bonchev–Trinajstić information content (AvgIpc) is 3.72. The number of hydrogen-bond donors (Lipinski definition) is 1. The SMILES string of the molecule is C=CC(F)(F)c1ccc(CN(C2=C(F)/C(CC3CC(CC4(O)CCSCC4)C3)=C\CCC=N2)C2CC2)cc1. The number of halogens is 3. The van der Waals surface area contributed by atoms with Gasteiger partial charge in [0, 0.05) is 24.4 Å². The van der Waals surface area contributed by atoms with Gasteiger partial charge in [-0.05, 0) is 105 Å². The summed E-state index contributed by atoms with van der Waals surface area (Å²) in [5.74, 6) is 0.130. The lowest BCUT2D eigenvalue weighted by molar-refractivity contribution is -0.0145. The van der Waals surface area contributed by atoms with Crippen molar-refractivity contribution >= 4 is 18.0 Å². The zero-order valence-electron chi connectivity index (χ0n) is 22.1. The molecule has 1 N–H and O–H groups in total. The van der Waals surface area contributed by atoms with Gasteiger partial charge in [0.15, 0.2) is 11.6 Å². The van der Waals surface area contributed by atoms with E-state index in [9.17, 15) is 13.9 Å². The summed E-state index contributed by atoms with van der Waals surface area (Å²) in [5.41, 5.74) is 1.00. The fourth-order valence-electron chi connectivity index (χ4n) is 6.07. The molecule has 4 aliphatic rings. The first-order valence-electron chi connectivity index (χ1n) is 14.1. The third kappa shape index (κ3) is 6.59. The number of benzene rings is 1. The second-order valence-corrected chi connectivity index (χ2v) is 12.8. The molecule has 0 aromatic heterocycles. The molecular formula is C31H39F3N2OS. The molecule has 0 bridgehead atoms. The standard InChI is InChI=1S/C31H39F3N2OS/c1-2-31(33,34)26-8-6-22(7-9-26)21-36(27-10-11-27)29-28(32)25(5-3-4-14-35-29)19-23-17-24(18-23)20-30(37)12-15-38-16-13-30/h2,5-9,14,23-24,27,37H,1,3-4,10-13,15-21H2/b25-5-,29-28?,35-14?. The number of hydrogen-bond acceptors (Lipinski definition) is 4. The molecule has 206 valence electrons. The van der Waals surface area contributed by atoms with E-state index >= 15 is 4.39 Å². The Morgan fingerprint density at radius 1 is 1.11 bits per heavy atom. The molecule has 2 aliphatic heterocycles. The summed E-state index contributed by atoms with van der Waals surface area (Å²) in [4.78, 5) is 6.61. The molecule has 0 unspecified atom stereocenters. The number of nitrogens with zero attached hydrogens (tertiary/aromatic N) is 2. The topological polar surface area (TPSA) is 35.8 Å². The van der Waals surface area contributed by atoms with Crippen molar-refractivity contribution in [1.29, 1.82) is 0 Å². The van der Waals surface area contributed by atoms with Crippen molar-refractivity contribution < 1.29 is 18.3 Å². The van der Waals surface area contributed by atoms with Crippen LogP contribution < -0.4 is 0 Å². The Labute approximate surface area is 229 Å². The number of allylic oxidation sites excluding steroid dienone is 4. The lowest BCUT2D eigenvalue weighted by atomic mass is 9.67. The van der Waals surface area contributed by atoms with Crippen molar-refractivity contribution in [3.63, 3.8) is 0 Å². The van der Waals surface area contributed by atoms with Crippen LogP contribution in [0, 0.1) is 11.8 Å². The summed E-state index contributed by atoms with van der Waals surface area (Å²) in [6.07, 6.45) is 13.4. The van der Waals surface area contributed by atoms with Gasteiger partial charge in [-0.3, -0.25) is 0 Å². The van der Waals surface area contributed by atoms with Crippen molar-refractivity contribution in [3.05, 3.63) is 71.3 Å². The summed E-state index contributed by atoms with van der Waals surface area (Å²) < 4.78 is 44.0. The molecule has 2 heterocycles. The Balaban J connectivity index is 1.26. The molecular weight excluding hydrogens is 505 g/mol. The third-order valence-electron chi connectivity index (χ3n) is 8.52. The average molecular weight is 545 g/mol. The number of rotatable bonds is 10. The summed E-state index contributed by atoms with van der Waals surface area (Å²) in [6.45, 7) is 3.66. The Morgan fingerprint density at radius 3 is 2.47 bits per heavy atom. The van der Waals surface area contributed by atoms with E-state index in [0.717, 1.165) is 80.4 Å². The van der Waals surface area contributed by atoms with Gasteiger partial charge in [-0.2, -0.15) is 20.5 Å². The molecule has 3 fully saturated rings. The van der Waals surface area contributed by atoms with Gasteiger partial charge in [0.1, 0.15) is 0 Å². The van der Waals surface area contributed by atoms with Gasteiger partial charge in [0.05, 0.1) is 5.60 Å². The Morgan fingerprint density at radius 2 is 1.82 bits per heavy atom.